The van der Waals surface area contributed by atoms with Gasteiger partial charge in [-0.1, -0.05) is 42.5 Å². The van der Waals surface area contributed by atoms with E-state index in [0.717, 1.165) is 43.2 Å². The first-order valence-electron chi connectivity index (χ1n) is 12.2. The number of carbonyl (C=O) groups excluding carboxylic acids is 3. The smallest absolute Gasteiger partial charge is 0.337 e. The minimum absolute atomic E-state index is 0.0227. The Kier molecular flexibility index (Phi) is 7.78. The normalized spacial score (nSPS) is 24.6. The molecule has 6 nitrogen and oxygen atoms in total. The van der Waals surface area contributed by atoms with Gasteiger partial charge in [-0.25, -0.2) is 4.79 Å². The second-order valence-corrected chi connectivity index (χ2v) is 9.51. The Labute approximate surface area is 200 Å². The molecule has 180 valence electrons. The Morgan fingerprint density at radius 1 is 0.941 bits per heavy atom. The summed E-state index contributed by atoms with van der Waals surface area (Å²) in [5, 5.41) is 9.44. The molecule has 6 heteroatoms. The molecule has 1 aliphatic carbocycles. The van der Waals surface area contributed by atoms with Gasteiger partial charge in [0.15, 0.2) is 5.78 Å². The Morgan fingerprint density at radius 3 is 2.24 bits per heavy atom. The summed E-state index contributed by atoms with van der Waals surface area (Å²) in [6.07, 6.45) is 4.22. The van der Waals surface area contributed by atoms with Crippen LogP contribution in [0.4, 0.5) is 0 Å². The highest BCUT2D eigenvalue weighted by Gasteiger charge is 2.44. The molecule has 34 heavy (non-hydrogen) atoms. The molecule has 1 heterocycles. The molecule has 4 rings (SSSR count). The largest absolute Gasteiger partial charge is 0.465 e. The first-order valence-corrected chi connectivity index (χ1v) is 12.2. The monoisotopic (exact) mass is 463 g/mol. The van der Waals surface area contributed by atoms with Crippen molar-refractivity contribution >= 4 is 17.7 Å². The van der Waals surface area contributed by atoms with Gasteiger partial charge in [-0.3, -0.25) is 9.59 Å². The average Bonchev–Trinajstić information content (AvgIpc) is 3.34. The van der Waals surface area contributed by atoms with Gasteiger partial charge < -0.3 is 14.7 Å². The molecule has 0 spiro atoms. The number of methoxy groups -OCH3 is 1. The molecule has 0 bridgehead atoms. The van der Waals surface area contributed by atoms with Crippen molar-refractivity contribution in [2.24, 2.45) is 11.8 Å². The zero-order chi connectivity index (χ0) is 24.1. The lowest BCUT2D eigenvalue weighted by atomic mass is 9.81. The summed E-state index contributed by atoms with van der Waals surface area (Å²) in [5.41, 5.74) is 2.34. The summed E-state index contributed by atoms with van der Waals surface area (Å²) in [5.74, 6) is -0.132. The van der Waals surface area contributed by atoms with Crippen LogP contribution >= 0.6 is 0 Å². The number of hydrogen-bond acceptors (Lipinski definition) is 5. The molecule has 0 aromatic heterocycles. The third kappa shape index (κ3) is 5.22. The number of aliphatic hydroxyl groups excluding tert-OH is 1. The number of Topliss-reactive ketones (excluding diaryl/α,β-unsaturated/α-hetero) is 1. The minimum Gasteiger partial charge on any atom is -0.465 e. The molecule has 0 radical (unpaired) electrons. The molecule has 1 amide bonds. The number of nitrogens with zero attached hydrogens (tertiary/aromatic N) is 1. The van der Waals surface area contributed by atoms with E-state index in [0.29, 0.717) is 12.1 Å². The molecule has 2 aromatic carbocycles. The second-order valence-electron chi connectivity index (χ2n) is 9.51. The number of rotatable bonds is 7. The summed E-state index contributed by atoms with van der Waals surface area (Å²) in [4.78, 5) is 40.7. The average molecular weight is 464 g/mol. The lowest BCUT2D eigenvalue weighted by Gasteiger charge is -2.33. The topological polar surface area (TPSA) is 83.9 Å². The molecular formula is C28H33NO5. The van der Waals surface area contributed by atoms with Crippen molar-refractivity contribution in [1.82, 2.24) is 4.90 Å². The zero-order valence-corrected chi connectivity index (χ0v) is 19.7. The van der Waals surface area contributed by atoms with Gasteiger partial charge in [-0.05, 0) is 61.3 Å². The first-order chi connectivity index (χ1) is 16.5. The van der Waals surface area contributed by atoms with Crippen LogP contribution in [0.25, 0.3) is 0 Å². The van der Waals surface area contributed by atoms with Gasteiger partial charge in [0, 0.05) is 31.4 Å². The number of carbonyl (C=O) groups is 3. The highest BCUT2D eigenvalue weighted by atomic mass is 16.5. The van der Waals surface area contributed by atoms with Crippen molar-refractivity contribution in [3.8, 4) is 0 Å². The van der Waals surface area contributed by atoms with Crippen LogP contribution in [0.2, 0.25) is 0 Å². The number of esters is 1. The van der Waals surface area contributed by atoms with Gasteiger partial charge in [0.2, 0.25) is 5.91 Å². The maximum absolute atomic E-state index is 13.7. The number of aliphatic hydroxyl groups is 1. The zero-order valence-electron chi connectivity index (χ0n) is 19.7. The Balaban J connectivity index is 1.54. The molecule has 1 saturated heterocycles. The lowest BCUT2D eigenvalue weighted by Crippen LogP contribution is -2.46. The van der Waals surface area contributed by atoms with Crippen LogP contribution in [0.1, 0.15) is 59.5 Å². The van der Waals surface area contributed by atoms with Crippen molar-refractivity contribution in [2.45, 2.75) is 50.5 Å². The van der Waals surface area contributed by atoms with Gasteiger partial charge >= 0.3 is 5.97 Å². The van der Waals surface area contributed by atoms with Crippen molar-refractivity contribution < 1.29 is 24.2 Å². The quantitative estimate of drug-likeness (QED) is 0.632. The highest BCUT2D eigenvalue weighted by Crippen LogP contribution is 2.38. The van der Waals surface area contributed by atoms with Crippen molar-refractivity contribution in [3.63, 3.8) is 0 Å². The van der Waals surface area contributed by atoms with E-state index in [1.165, 1.54) is 7.11 Å². The Morgan fingerprint density at radius 2 is 1.62 bits per heavy atom. The van der Waals surface area contributed by atoms with E-state index in [1.54, 1.807) is 24.3 Å². The van der Waals surface area contributed by atoms with E-state index >= 15 is 0 Å². The predicted octanol–water partition coefficient (Wildman–Crippen LogP) is 3.77. The molecule has 2 aromatic rings. The molecule has 2 atom stereocenters. The van der Waals surface area contributed by atoms with E-state index in [2.05, 4.69) is 0 Å². The van der Waals surface area contributed by atoms with Gasteiger partial charge in [-0.2, -0.15) is 0 Å². The maximum Gasteiger partial charge on any atom is 0.337 e. The Hall–Kier alpha value is -2.99. The van der Waals surface area contributed by atoms with Crippen molar-refractivity contribution in [2.75, 3.05) is 20.3 Å². The number of likely N-dealkylation sites (tertiary alicyclic amines) is 1. The number of ether oxygens (including phenoxy) is 1. The van der Waals surface area contributed by atoms with E-state index < -0.39 is 12.0 Å². The van der Waals surface area contributed by atoms with Gasteiger partial charge in [0.25, 0.3) is 0 Å². The third-order valence-corrected chi connectivity index (χ3v) is 7.45. The van der Waals surface area contributed by atoms with Crippen LogP contribution in [0.3, 0.4) is 0 Å². The Bertz CT molecular complexity index is 995. The van der Waals surface area contributed by atoms with E-state index in [1.807, 2.05) is 35.2 Å². The predicted molar refractivity (Wildman–Crippen MR) is 128 cm³/mol. The standard InChI is InChI=1S/C28H33NO5/c1-34-28(33)23-13-7-19(8-14-23)17-25(31)26-24(21-5-3-2-4-6-21)15-16-29(26)27(32)22-11-9-20(18-30)10-12-22/h2-8,13-14,20,22,24,26,30H,9-12,15-18H2,1H3/t20?,22?,24-,26-/m0/s1. The first kappa shape index (κ1) is 24.1. The van der Waals surface area contributed by atoms with Crippen molar-refractivity contribution in [1.29, 1.82) is 0 Å². The molecular weight excluding hydrogens is 430 g/mol. The SMILES string of the molecule is COC(=O)c1ccc(CC(=O)[C@@H]2[C@H](c3ccccc3)CCN2C(=O)C2CCC(CO)CC2)cc1. The molecule has 2 fully saturated rings. The number of amides is 1. The molecule has 1 N–H and O–H groups in total. The van der Waals surface area contributed by atoms with E-state index in [4.69, 9.17) is 4.74 Å². The summed E-state index contributed by atoms with van der Waals surface area (Å²) in [7, 11) is 1.34. The fourth-order valence-electron chi connectivity index (χ4n) is 5.50. The number of ketones is 1. The molecule has 1 saturated carbocycles. The van der Waals surface area contributed by atoms with Crippen LogP contribution in [0.15, 0.2) is 54.6 Å². The summed E-state index contributed by atoms with van der Waals surface area (Å²) in [6, 6.07) is 16.4. The lowest BCUT2D eigenvalue weighted by molar-refractivity contribution is -0.142. The van der Waals surface area contributed by atoms with Crippen LogP contribution in [0.5, 0.6) is 0 Å². The molecule has 2 aliphatic rings. The van der Waals surface area contributed by atoms with Gasteiger partial charge in [-0.15, -0.1) is 0 Å². The van der Waals surface area contributed by atoms with E-state index in [-0.39, 0.29) is 42.5 Å². The van der Waals surface area contributed by atoms with E-state index in [9.17, 15) is 19.5 Å². The fourth-order valence-corrected chi connectivity index (χ4v) is 5.50. The van der Waals surface area contributed by atoms with Gasteiger partial charge in [0.1, 0.15) is 0 Å². The number of benzene rings is 2. The summed E-state index contributed by atoms with van der Waals surface area (Å²) < 4.78 is 4.75. The van der Waals surface area contributed by atoms with Crippen LogP contribution < -0.4 is 0 Å². The van der Waals surface area contributed by atoms with Crippen LogP contribution in [-0.2, 0) is 20.7 Å². The summed E-state index contributed by atoms with van der Waals surface area (Å²) in [6.45, 7) is 0.757. The van der Waals surface area contributed by atoms with Crippen molar-refractivity contribution in [3.05, 3.63) is 71.3 Å². The van der Waals surface area contributed by atoms with Gasteiger partial charge in [0.05, 0.1) is 18.7 Å². The summed E-state index contributed by atoms with van der Waals surface area (Å²) >= 11 is 0. The number of hydrogen-bond donors (Lipinski definition) is 1. The highest BCUT2D eigenvalue weighted by molar-refractivity contribution is 5.93. The fraction of sp³-hybridized carbons (Fsp3) is 0.464. The van der Waals surface area contributed by atoms with Crippen LogP contribution in [0, 0.1) is 11.8 Å². The third-order valence-electron chi connectivity index (χ3n) is 7.45. The molecule has 1 aliphatic heterocycles. The molecule has 0 unspecified atom stereocenters. The minimum atomic E-state index is -0.495. The second kappa shape index (κ2) is 11.0. The van der Waals surface area contributed by atoms with Crippen LogP contribution in [-0.4, -0.2) is 54.0 Å². The maximum atomic E-state index is 13.7.